The van der Waals surface area contributed by atoms with Gasteiger partial charge in [-0.05, 0) is 31.5 Å². The number of hydrogen-bond acceptors (Lipinski definition) is 4. The van der Waals surface area contributed by atoms with Crippen molar-refractivity contribution in [2.45, 2.75) is 32.3 Å². The average molecular weight is 301 g/mol. The van der Waals surface area contributed by atoms with Crippen LogP contribution in [0.5, 0.6) is 11.5 Å². The van der Waals surface area contributed by atoms with Crippen molar-refractivity contribution in [1.82, 2.24) is 10.2 Å². The molecule has 0 spiro atoms. The number of carbonyl (C=O) groups excluding carboxylic acids is 1. The highest BCUT2D eigenvalue weighted by molar-refractivity contribution is 5.94. The molecule has 116 valence electrons. The first-order valence-electron chi connectivity index (χ1n) is 7.26. The predicted molar refractivity (Wildman–Crippen MR) is 82.4 cm³/mol. The summed E-state index contributed by atoms with van der Waals surface area (Å²) in [7, 11) is 1.62. The second-order valence-corrected chi connectivity index (χ2v) is 5.58. The Morgan fingerprint density at radius 2 is 2.14 bits per heavy atom. The van der Waals surface area contributed by atoms with Gasteiger partial charge in [0.2, 0.25) is 5.91 Å². The summed E-state index contributed by atoms with van der Waals surface area (Å²) in [5, 5.41) is 9.64. The molecular formula is C16H19N3O3. The highest BCUT2D eigenvalue weighted by Crippen LogP contribution is 2.39. The van der Waals surface area contributed by atoms with Crippen LogP contribution in [0, 0.1) is 0 Å². The lowest BCUT2D eigenvalue weighted by Gasteiger charge is -2.23. The maximum Gasteiger partial charge on any atom is 0.226 e. The van der Waals surface area contributed by atoms with E-state index in [2.05, 4.69) is 15.5 Å². The van der Waals surface area contributed by atoms with E-state index in [0.29, 0.717) is 23.7 Å². The smallest absolute Gasteiger partial charge is 0.226 e. The Bertz CT molecular complexity index is 694. The third-order valence-electron chi connectivity index (χ3n) is 3.65. The molecule has 1 aliphatic rings. The van der Waals surface area contributed by atoms with Gasteiger partial charge in [0, 0.05) is 17.9 Å². The van der Waals surface area contributed by atoms with Crippen molar-refractivity contribution in [3.63, 3.8) is 0 Å². The molecule has 0 fully saturated rings. The minimum Gasteiger partial charge on any atom is -0.493 e. The molecule has 2 N–H and O–H groups in total. The lowest BCUT2D eigenvalue weighted by atomic mass is 9.87. The van der Waals surface area contributed by atoms with E-state index in [4.69, 9.17) is 9.47 Å². The zero-order chi connectivity index (χ0) is 15.7. The number of methoxy groups -OCH3 is 1. The first-order chi connectivity index (χ1) is 10.6. The third kappa shape index (κ3) is 2.64. The van der Waals surface area contributed by atoms with E-state index in [-0.39, 0.29) is 17.9 Å². The molecule has 0 bridgehead atoms. The lowest BCUT2D eigenvalue weighted by molar-refractivity contribution is -0.116. The summed E-state index contributed by atoms with van der Waals surface area (Å²) in [6, 6.07) is 5.78. The number of carbonyl (C=O) groups is 1. The molecule has 0 aliphatic carbocycles. The van der Waals surface area contributed by atoms with Crippen molar-refractivity contribution in [1.29, 1.82) is 0 Å². The Kier molecular flexibility index (Phi) is 3.75. The molecule has 1 aromatic carbocycles. The number of aromatic nitrogens is 2. The van der Waals surface area contributed by atoms with Crippen LogP contribution in [-0.2, 0) is 4.79 Å². The van der Waals surface area contributed by atoms with Crippen LogP contribution in [0.25, 0.3) is 0 Å². The Morgan fingerprint density at radius 3 is 2.86 bits per heavy atom. The minimum absolute atomic E-state index is 0.0242. The first kappa shape index (κ1) is 14.4. The molecule has 6 nitrogen and oxygen atoms in total. The molecule has 1 aliphatic heterocycles. The molecule has 6 heteroatoms. The SMILES string of the molecule is COc1ccc([C@@H]2CC(=O)Nc3[nH]ncc32)cc1OC(C)C. The summed E-state index contributed by atoms with van der Waals surface area (Å²) in [6.45, 7) is 3.93. The zero-order valence-electron chi connectivity index (χ0n) is 12.8. The molecule has 1 atom stereocenters. The van der Waals surface area contributed by atoms with E-state index >= 15 is 0 Å². The van der Waals surface area contributed by atoms with Gasteiger partial charge in [0.05, 0.1) is 19.4 Å². The standard InChI is InChI=1S/C16H19N3O3/c1-9(2)22-14-6-10(4-5-13(14)21-3)11-7-15(20)18-16-12(11)8-17-19-16/h4-6,8-9,11H,7H2,1-3H3,(H2,17,18,19,20)/t11-/m0/s1. The summed E-state index contributed by atoms with van der Waals surface area (Å²) in [5.74, 6) is 1.98. The number of nitrogens with one attached hydrogen (secondary N) is 2. The third-order valence-corrected chi connectivity index (χ3v) is 3.65. The Labute approximate surface area is 128 Å². The van der Waals surface area contributed by atoms with Crippen molar-refractivity contribution >= 4 is 11.7 Å². The van der Waals surface area contributed by atoms with Gasteiger partial charge in [-0.1, -0.05) is 6.07 Å². The Hall–Kier alpha value is -2.50. The molecule has 0 unspecified atom stereocenters. The number of anilines is 1. The first-order valence-corrected chi connectivity index (χ1v) is 7.26. The topological polar surface area (TPSA) is 76.2 Å². The number of ether oxygens (including phenoxy) is 2. The monoisotopic (exact) mass is 301 g/mol. The Morgan fingerprint density at radius 1 is 1.32 bits per heavy atom. The van der Waals surface area contributed by atoms with Gasteiger partial charge < -0.3 is 14.8 Å². The fourth-order valence-corrected chi connectivity index (χ4v) is 2.70. The second kappa shape index (κ2) is 5.71. The van der Waals surface area contributed by atoms with Crippen LogP contribution in [-0.4, -0.2) is 29.3 Å². The van der Waals surface area contributed by atoms with Gasteiger partial charge >= 0.3 is 0 Å². The number of amides is 1. The van der Waals surface area contributed by atoms with E-state index < -0.39 is 0 Å². The molecule has 0 saturated carbocycles. The van der Waals surface area contributed by atoms with Gasteiger partial charge in [-0.2, -0.15) is 5.10 Å². The number of benzene rings is 1. The Balaban J connectivity index is 2.00. The van der Waals surface area contributed by atoms with Crippen molar-refractivity contribution in [2.24, 2.45) is 0 Å². The van der Waals surface area contributed by atoms with Gasteiger partial charge in [0.25, 0.3) is 0 Å². The molecule has 1 aromatic heterocycles. The van der Waals surface area contributed by atoms with Crippen molar-refractivity contribution in [3.8, 4) is 11.5 Å². The highest BCUT2D eigenvalue weighted by Gasteiger charge is 2.28. The van der Waals surface area contributed by atoms with Gasteiger partial charge in [0.15, 0.2) is 11.5 Å². The van der Waals surface area contributed by atoms with Crippen LogP contribution in [0.1, 0.15) is 37.3 Å². The normalized spacial score (nSPS) is 17.1. The van der Waals surface area contributed by atoms with Crippen LogP contribution < -0.4 is 14.8 Å². The van der Waals surface area contributed by atoms with Crippen LogP contribution in [0.3, 0.4) is 0 Å². The van der Waals surface area contributed by atoms with Crippen molar-refractivity contribution in [2.75, 3.05) is 12.4 Å². The van der Waals surface area contributed by atoms with Gasteiger partial charge in [-0.25, -0.2) is 0 Å². The molecule has 0 saturated heterocycles. The summed E-state index contributed by atoms with van der Waals surface area (Å²) >= 11 is 0. The molecule has 22 heavy (non-hydrogen) atoms. The number of fused-ring (bicyclic) bond motifs is 1. The number of hydrogen-bond donors (Lipinski definition) is 2. The van der Waals surface area contributed by atoms with Crippen LogP contribution in [0.4, 0.5) is 5.82 Å². The fraction of sp³-hybridized carbons (Fsp3) is 0.375. The summed E-state index contributed by atoms with van der Waals surface area (Å²) in [5.41, 5.74) is 1.99. The summed E-state index contributed by atoms with van der Waals surface area (Å²) in [6.07, 6.45) is 2.19. The molecule has 2 aromatic rings. The van der Waals surface area contributed by atoms with Crippen molar-refractivity contribution < 1.29 is 14.3 Å². The van der Waals surface area contributed by atoms with E-state index in [1.165, 1.54) is 0 Å². The maximum absolute atomic E-state index is 11.9. The van der Waals surface area contributed by atoms with Crippen molar-refractivity contribution in [3.05, 3.63) is 35.5 Å². The van der Waals surface area contributed by atoms with E-state index in [0.717, 1.165) is 11.1 Å². The minimum atomic E-state index is -0.0390. The summed E-state index contributed by atoms with van der Waals surface area (Å²) < 4.78 is 11.2. The maximum atomic E-state index is 11.9. The van der Waals surface area contributed by atoms with Crippen LogP contribution in [0.15, 0.2) is 24.4 Å². The fourth-order valence-electron chi connectivity index (χ4n) is 2.70. The van der Waals surface area contributed by atoms with Gasteiger partial charge in [-0.15, -0.1) is 0 Å². The number of nitrogens with zero attached hydrogens (tertiary/aromatic N) is 1. The molecular weight excluding hydrogens is 282 g/mol. The number of H-pyrrole nitrogens is 1. The largest absolute Gasteiger partial charge is 0.493 e. The van der Waals surface area contributed by atoms with E-state index in [9.17, 15) is 4.79 Å². The number of aromatic amines is 1. The van der Waals surface area contributed by atoms with Gasteiger partial charge in [0.1, 0.15) is 5.82 Å². The second-order valence-electron chi connectivity index (χ2n) is 5.58. The molecule has 3 rings (SSSR count). The van der Waals surface area contributed by atoms with Crippen LogP contribution >= 0.6 is 0 Å². The molecule has 2 heterocycles. The van der Waals surface area contributed by atoms with E-state index in [1.807, 2.05) is 32.0 Å². The number of rotatable bonds is 4. The van der Waals surface area contributed by atoms with E-state index in [1.54, 1.807) is 13.3 Å². The summed E-state index contributed by atoms with van der Waals surface area (Å²) in [4.78, 5) is 11.9. The van der Waals surface area contributed by atoms with Crippen LogP contribution in [0.2, 0.25) is 0 Å². The lowest BCUT2D eigenvalue weighted by Crippen LogP contribution is -2.23. The quantitative estimate of drug-likeness (QED) is 0.910. The zero-order valence-corrected chi connectivity index (χ0v) is 12.8. The molecule has 0 radical (unpaired) electrons. The van der Waals surface area contributed by atoms with Gasteiger partial charge in [-0.3, -0.25) is 9.89 Å². The predicted octanol–water partition coefficient (Wildman–Crippen LogP) is 2.68. The average Bonchev–Trinajstić information content (AvgIpc) is 2.93. The molecule has 1 amide bonds. The highest BCUT2D eigenvalue weighted by atomic mass is 16.5.